The highest BCUT2D eigenvalue weighted by Gasteiger charge is 2.13. The van der Waals surface area contributed by atoms with Crippen molar-refractivity contribution in [3.63, 3.8) is 0 Å². The fraction of sp³-hybridized carbons (Fsp3) is 0.500. The highest BCUT2D eigenvalue weighted by Crippen LogP contribution is 2.35. The van der Waals surface area contributed by atoms with Crippen LogP contribution in [0.5, 0.6) is 11.5 Å². The monoisotopic (exact) mass is 278 g/mol. The quantitative estimate of drug-likeness (QED) is 0.746. The summed E-state index contributed by atoms with van der Waals surface area (Å²) in [6.45, 7) is 2.35. The van der Waals surface area contributed by atoms with E-state index in [2.05, 4.69) is 0 Å². The van der Waals surface area contributed by atoms with E-state index in [1.165, 1.54) is 0 Å². The zero-order valence-electron chi connectivity index (χ0n) is 10.1. The molecule has 0 aliphatic carbocycles. The Morgan fingerprint density at radius 1 is 1.29 bits per heavy atom. The van der Waals surface area contributed by atoms with Crippen LogP contribution in [0.25, 0.3) is 0 Å². The van der Waals surface area contributed by atoms with Gasteiger partial charge < -0.3 is 14.2 Å². The highest BCUT2D eigenvalue weighted by molar-refractivity contribution is 6.31. The molecule has 0 saturated carbocycles. The summed E-state index contributed by atoms with van der Waals surface area (Å²) in [4.78, 5) is 0. The smallest absolute Gasteiger partial charge is 0.165 e. The van der Waals surface area contributed by atoms with Crippen molar-refractivity contribution in [3.05, 3.63) is 22.7 Å². The Morgan fingerprint density at radius 2 is 2.00 bits per heavy atom. The van der Waals surface area contributed by atoms with E-state index in [0.29, 0.717) is 29.0 Å². The van der Waals surface area contributed by atoms with Crippen LogP contribution in [-0.2, 0) is 10.6 Å². The van der Waals surface area contributed by atoms with Crippen LogP contribution >= 0.6 is 23.2 Å². The second-order valence-electron chi connectivity index (χ2n) is 3.59. The average Bonchev–Trinajstić information content (AvgIpc) is 2.35. The number of hydrogen-bond acceptors (Lipinski definition) is 3. The zero-order chi connectivity index (χ0) is 12.8. The molecule has 0 spiro atoms. The van der Waals surface area contributed by atoms with Gasteiger partial charge in [0.15, 0.2) is 11.5 Å². The maximum absolute atomic E-state index is 5.95. The van der Waals surface area contributed by atoms with E-state index in [-0.39, 0.29) is 6.10 Å². The normalized spacial score (nSPS) is 12.3. The topological polar surface area (TPSA) is 27.7 Å². The lowest BCUT2D eigenvalue weighted by molar-refractivity contribution is 0.0703. The molecule has 0 radical (unpaired) electrons. The third-order valence-electron chi connectivity index (χ3n) is 2.33. The van der Waals surface area contributed by atoms with Crippen molar-refractivity contribution in [2.24, 2.45) is 0 Å². The van der Waals surface area contributed by atoms with Gasteiger partial charge in [-0.15, -0.1) is 11.6 Å². The Labute approximate surface area is 112 Å². The Hall–Kier alpha value is -0.640. The molecule has 1 atom stereocenters. The number of alkyl halides is 1. The van der Waals surface area contributed by atoms with Gasteiger partial charge in [-0.05, 0) is 13.0 Å². The minimum absolute atomic E-state index is 0.00133. The minimum Gasteiger partial charge on any atom is -0.493 e. The van der Waals surface area contributed by atoms with Crippen LogP contribution in [-0.4, -0.2) is 26.9 Å². The highest BCUT2D eigenvalue weighted by atomic mass is 35.5. The summed E-state index contributed by atoms with van der Waals surface area (Å²) in [5, 5.41) is 0.574. The van der Waals surface area contributed by atoms with Crippen LogP contribution in [0, 0.1) is 0 Å². The third kappa shape index (κ3) is 3.95. The number of methoxy groups -OCH3 is 2. The molecule has 5 heteroatoms. The van der Waals surface area contributed by atoms with Crippen LogP contribution in [0.15, 0.2) is 12.1 Å². The first-order valence-corrected chi connectivity index (χ1v) is 6.11. The van der Waals surface area contributed by atoms with Crippen LogP contribution in [0.4, 0.5) is 0 Å². The van der Waals surface area contributed by atoms with Gasteiger partial charge in [0.1, 0.15) is 6.61 Å². The molecule has 0 aromatic heterocycles. The number of benzene rings is 1. The van der Waals surface area contributed by atoms with Gasteiger partial charge in [-0.1, -0.05) is 11.6 Å². The predicted molar refractivity (Wildman–Crippen MR) is 69.5 cm³/mol. The first-order valence-electron chi connectivity index (χ1n) is 5.20. The lowest BCUT2D eigenvalue weighted by Crippen LogP contribution is -2.16. The molecule has 17 heavy (non-hydrogen) atoms. The molecule has 96 valence electrons. The molecule has 1 unspecified atom stereocenters. The summed E-state index contributed by atoms with van der Waals surface area (Å²) >= 11 is 11.8. The van der Waals surface area contributed by atoms with E-state index in [9.17, 15) is 0 Å². The maximum Gasteiger partial charge on any atom is 0.165 e. The largest absolute Gasteiger partial charge is 0.493 e. The molecular weight excluding hydrogens is 263 g/mol. The summed E-state index contributed by atoms with van der Waals surface area (Å²) in [5.74, 6) is 1.51. The summed E-state index contributed by atoms with van der Waals surface area (Å²) in [6.07, 6.45) is -0.00133. The van der Waals surface area contributed by atoms with Crippen molar-refractivity contribution < 1.29 is 14.2 Å². The molecule has 0 amide bonds. The van der Waals surface area contributed by atoms with Crippen LogP contribution < -0.4 is 9.47 Å². The van der Waals surface area contributed by atoms with Crippen LogP contribution in [0.1, 0.15) is 12.5 Å². The number of hydrogen-bond donors (Lipinski definition) is 0. The van der Waals surface area contributed by atoms with Crippen molar-refractivity contribution in [2.75, 3.05) is 20.8 Å². The Bertz CT molecular complexity index is 344. The molecule has 0 heterocycles. The summed E-state index contributed by atoms with van der Waals surface area (Å²) in [5.41, 5.74) is 0.805. The molecule has 1 rings (SSSR count). The van der Waals surface area contributed by atoms with Gasteiger partial charge >= 0.3 is 0 Å². The Kier molecular flexibility index (Phi) is 5.89. The van der Waals surface area contributed by atoms with E-state index in [0.717, 1.165) is 5.56 Å². The Morgan fingerprint density at radius 3 is 2.53 bits per heavy atom. The van der Waals surface area contributed by atoms with Gasteiger partial charge in [-0.2, -0.15) is 0 Å². The van der Waals surface area contributed by atoms with Gasteiger partial charge in [-0.3, -0.25) is 0 Å². The number of ether oxygens (including phenoxy) is 3. The second-order valence-corrected chi connectivity index (χ2v) is 4.29. The molecule has 0 fully saturated rings. The molecule has 0 aliphatic rings. The standard InChI is InChI=1S/C12H16Cl2O3/c1-8(15-2)7-17-12-9(6-13)4-10(14)5-11(12)16-3/h4-5,8H,6-7H2,1-3H3. The molecule has 0 saturated heterocycles. The van der Waals surface area contributed by atoms with Crippen molar-refractivity contribution in [1.29, 1.82) is 0 Å². The van der Waals surface area contributed by atoms with Crippen LogP contribution in [0.3, 0.4) is 0 Å². The van der Waals surface area contributed by atoms with Crippen molar-refractivity contribution in [2.45, 2.75) is 18.9 Å². The van der Waals surface area contributed by atoms with E-state index in [1.807, 2.05) is 6.92 Å². The second kappa shape index (κ2) is 6.94. The van der Waals surface area contributed by atoms with Crippen molar-refractivity contribution >= 4 is 23.2 Å². The van der Waals surface area contributed by atoms with Gasteiger partial charge in [0, 0.05) is 23.8 Å². The minimum atomic E-state index is -0.00133. The summed E-state index contributed by atoms with van der Waals surface area (Å²) in [6, 6.07) is 3.47. The van der Waals surface area contributed by atoms with Gasteiger partial charge in [0.05, 0.1) is 19.1 Å². The van der Waals surface area contributed by atoms with Crippen molar-refractivity contribution in [3.8, 4) is 11.5 Å². The lowest BCUT2D eigenvalue weighted by Gasteiger charge is -2.16. The van der Waals surface area contributed by atoms with Crippen LogP contribution in [0.2, 0.25) is 5.02 Å². The molecule has 1 aromatic rings. The molecule has 3 nitrogen and oxygen atoms in total. The van der Waals surface area contributed by atoms with Gasteiger partial charge in [0.2, 0.25) is 0 Å². The third-order valence-corrected chi connectivity index (χ3v) is 2.83. The van der Waals surface area contributed by atoms with E-state index >= 15 is 0 Å². The molecule has 0 N–H and O–H groups in total. The molecule has 0 bridgehead atoms. The van der Waals surface area contributed by atoms with Gasteiger partial charge in [0.25, 0.3) is 0 Å². The number of rotatable bonds is 6. The fourth-order valence-electron chi connectivity index (χ4n) is 1.31. The van der Waals surface area contributed by atoms with E-state index in [4.69, 9.17) is 37.4 Å². The number of halogens is 2. The van der Waals surface area contributed by atoms with E-state index < -0.39 is 0 Å². The maximum atomic E-state index is 5.95. The lowest BCUT2D eigenvalue weighted by atomic mass is 10.2. The van der Waals surface area contributed by atoms with Crippen molar-refractivity contribution in [1.82, 2.24) is 0 Å². The molecule has 0 aliphatic heterocycles. The average molecular weight is 279 g/mol. The first-order chi connectivity index (χ1) is 8.12. The Balaban J connectivity index is 2.94. The SMILES string of the molecule is COc1cc(Cl)cc(CCl)c1OCC(C)OC. The van der Waals surface area contributed by atoms with Gasteiger partial charge in [-0.25, -0.2) is 0 Å². The summed E-state index contributed by atoms with van der Waals surface area (Å²) in [7, 11) is 3.20. The van der Waals surface area contributed by atoms with E-state index in [1.54, 1.807) is 26.4 Å². The fourth-order valence-corrected chi connectivity index (χ4v) is 1.74. The molecular formula is C12H16Cl2O3. The summed E-state index contributed by atoms with van der Waals surface area (Å²) < 4.78 is 16.0. The molecule has 1 aromatic carbocycles. The first kappa shape index (κ1) is 14.4. The zero-order valence-corrected chi connectivity index (χ0v) is 11.6. The predicted octanol–water partition coefficient (Wildman–Crippen LogP) is 3.50.